The topological polar surface area (TPSA) is 80.5 Å². The molecule has 0 aliphatic carbocycles. The zero-order valence-electron chi connectivity index (χ0n) is 9.26. The van der Waals surface area contributed by atoms with Crippen LogP contribution in [0, 0.1) is 5.92 Å². The predicted octanol–water partition coefficient (Wildman–Crippen LogP) is -0.629. The molecule has 0 aromatic carbocycles. The van der Waals surface area contributed by atoms with Gasteiger partial charge in [0, 0.05) is 25.6 Å². The lowest BCUT2D eigenvalue weighted by Gasteiger charge is -2.17. The molecule has 2 fully saturated rings. The molecule has 2 heterocycles. The van der Waals surface area contributed by atoms with Crippen molar-refractivity contribution >= 4 is 15.7 Å². The zero-order valence-corrected chi connectivity index (χ0v) is 10.1. The van der Waals surface area contributed by atoms with Gasteiger partial charge in [-0.05, 0) is 18.8 Å². The maximum absolute atomic E-state index is 11.8. The summed E-state index contributed by atoms with van der Waals surface area (Å²) in [5.41, 5.74) is 5.72. The molecule has 5 nitrogen and oxygen atoms in total. The van der Waals surface area contributed by atoms with Crippen LogP contribution < -0.4 is 5.73 Å². The Kier molecular flexibility index (Phi) is 3.21. The van der Waals surface area contributed by atoms with E-state index in [9.17, 15) is 13.2 Å². The van der Waals surface area contributed by atoms with Gasteiger partial charge in [0.1, 0.15) is 0 Å². The number of nitrogens with two attached hydrogens (primary N) is 1. The molecule has 2 rings (SSSR count). The Balaban J connectivity index is 1.84. The molecule has 92 valence electrons. The lowest BCUT2D eigenvalue weighted by molar-refractivity contribution is -0.131. The van der Waals surface area contributed by atoms with Gasteiger partial charge in [-0.15, -0.1) is 0 Å². The van der Waals surface area contributed by atoms with E-state index in [0.29, 0.717) is 19.4 Å². The minimum atomic E-state index is -2.87. The first-order valence-electron chi connectivity index (χ1n) is 5.70. The molecular weight excluding hydrogens is 228 g/mol. The van der Waals surface area contributed by atoms with Crippen LogP contribution in [0.15, 0.2) is 0 Å². The van der Waals surface area contributed by atoms with Gasteiger partial charge in [-0.1, -0.05) is 0 Å². The second kappa shape index (κ2) is 4.33. The molecule has 0 aromatic heterocycles. The van der Waals surface area contributed by atoms with Crippen molar-refractivity contribution in [2.75, 3.05) is 24.6 Å². The average Bonchev–Trinajstić information content (AvgIpc) is 2.73. The van der Waals surface area contributed by atoms with Crippen molar-refractivity contribution < 1.29 is 13.2 Å². The molecule has 0 radical (unpaired) electrons. The number of hydrogen-bond acceptors (Lipinski definition) is 4. The number of nitrogens with zero attached hydrogens (tertiary/aromatic N) is 1. The van der Waals surface area contributed by atoms with Gasteiger partial charge in [-0.2, -0.15) is 0 Å². The summed E-state index contributed by atoms with van der Waals surface area (Å²) >= 11 is 0. The third-order valence-corrected chi connectivity index (χ3v) is 5.20. The highest BCUT2D eigenvalue weighted by Crippen LogP contribution is 2.23. The monoisotopic (exact) mass is 246 g/mol. The lowest BCUT2D eigenvalue weighted by Crippen LogP contribution is -2.33. The van der Waals surface area contributed by atoms with Gasteiger partial charge in [-0.25, -0.2) is 8.42 Å². The van der Waals surface area contributed by atoms with Crippen LogP contribution in [0.2, 0.25) is 0 Å². The molecule has 0 saturated carbocycles. The number of carbonyl (C=O) groups excluding carboxylic acids is 1. The number of carbonyl (C=O) groups is 1. The molecule has 2 aliphatic heterocycles. The van der Waals surface area contributed by atoms with Crippen molar-refractivity contribution in [3.63, 3.8) is 0 Å². The van der Waals surface area contributed by atoms with Crippen LogP contribution in [0.1, 0.15) is 19.3 Å². The Bertz CT molecular complexity index is 380. The molecule has 0 aromatic rings. The van der Waals surface area contributed by atoms with Crippen LogP contribution in [0.5, 0.6) is 0 Å². The molecule has 6 heteroatoms. The quantitative estimate of drug-likeness (QED) is 0.703. The smallest absolute Gasteiger partial charge is 0.222 e. The van der Waals surface area contributed by atoms with E-state index >= 15 is 0 Å². The highest BCUT2D eigenvalue weighted by molar-refractivity contribution is 7.91. The van der Waals surface area contributed by atoms with Crippen molar-refractivity contribution in [1.29, 1.82) is 0 Å². The Morgan fingerprint density at radius 2 is 2.12 bits per heavy atom. The van der Waals surface area contributed by atoms with Crippen LogP contribution in [0.25, 0.3) is 0 Å². The number of rotatable bonds is 2. The van der Waals surface area contributed by atoms with Gasteiger partial charge in [0.15, 0.2) is 9.84 Å². The third kappa shape index (κ3) is 2.74. The van der Waals surface area contributed by atoms with Gasteiger partial charge < -0.3 is 10.6 Å². The fourth-order valence-electron chi connectivity index (χ4n) is 2.42. The molecule has 1 amide bonds. The zero-order chi connectivity index (χ0) is 11.8. The van der Waals surface area contributed by atoms with Crippen LogP contribution >= 0.6 is 0 Å². The molecule has 2 N–H and O–H groups in total. The van der Waals surface area contributed by atoms with Crippen LogP contribution in [0.4, 0.5) is 0 Å². The van der Waals surface area contributed by atoms with Crippen molar-refractivity contribution in [3.8, 4) is 0 Å². The van der Waals surface area contributed by atoms with Crippen molar-refractivity contribution in [1.82, 2.24) is 4.90 Å². The first-order valence-corrected chi connectivity index (χ1v) is 7.52. The molecule has 2 aliphatic rings. The Hall–Kier alpha value is -0.620. The standard InChI is InChI=1S/C10H18N2O3S/c11-9-1-3-12(6-9)10(13)5-8-2-4-16(14,15)7-8/h8-9H,1-7,11H2. The largest absolute Gasteiger partial charge is 0.341 e. The summed E-state index contributed by atoms with van der Waals surface area (Å²) in [5, 5.41) is 0. The number of likely N-dealkylation sites (tertiary alicyclic amines) is 1. The third-order valence-electron chi connectivity index (χ3n) is 3.37. The lowest BCUT2D eigenvalue weighted by atomic mass is 10.0. The van der Waals surface area contributed by atoms with E-state index in [-0.39, 0.29) is 29.4 Å². The summed E-state index contributed by atoms with van der Waals surface area (Å²) in [4.78, 5) is 13.6. The fraction of sp³-hybridized carbons (Fsp3) is 0.900. The van der Waals surface area contributed by atoms with E-state index in [1.807, 2.05) is 0 Å². The first-order chi connectivity index (χ1) is 7.46. The Morgan fingerprint density at radius 1 is 1.38 bits per heavy atom. The summed E-state index contributed by atoms with van der Waals surface area (Å²) in [7, 11) is -2.87. The highest BCUT2D eigenvalue weighted by Gasteiger charge is 2.32. The molecule has 16 heavy (non-hydrogen) atoms. The summed E-state index contributed by atoms with van der Waals surface area (Å²) in [6.07, 6.45) is 1.86. The van der Waals surface area contributed by atoms with Gasteiger partial charge in [-0.3, -0.25) is 4.79 Å². The van der Waals surface area contributed by atoms with Crippen LogP contribution in [-0.4, -0.2) is 49.9 Å². The van der Waals surface area contributed by atoms with Gasteiger partial charge in [0.05, 0.1) is 11.5 Å². The predicted molar refractivity (Wildman–Crippen MR) is 60.6 cm³/mol. The fourth-order valence-corrected chi connectivity index (χ4v) is 4.28. The molecular formula is C10H18N2O3S. The van der Waals surface area contributed by atoms with Gasteiger partial charge in [0.2, 0.25) is 5.91 Å². The molecule has 2 saturated heterocycles. The van der Waals surface area contributed by atoms with E-state index in [2.05, 4.69) is 0 Å². The van der Waals surface area contributed by atoms with Crippen molar-refractivity contribution in [3.05, 3.63) is 0 Å². The maximum atomic E-state index is 11.8. The summed E-state index contributed by atoms with van der Waals surface area (Å²) < 4.78 is 22.5. The SMILES string of the molecule is NC1CCN(C(=O)CC2CCS(=O)(=O)C2)C1. The van der Waals surface area contributed by atoms with Gasteiger partial charge >= 0.3 is 0 Å². The summed E-state index contributed by atoms with van der Waals surface area (Å²) in [5.74, 6) is 0.507. The molecule has 0 spiro atoms. The van der Waals surface area contributed by atoms with Crippen molar-refractivity contribution in [2.45, 2.75) is 25.3 Å². The van der Waals surface area contributed by atoms with Crippen LogP contribution in [-0.2, 0) is 14.6 Å². The number of amides is 1. The van der Waals surface area contributed by atoms with E-state index < -0.39 is 9.84 Å². The number of hydrogen-bond donors (Lipinski definition) is 1. The molecule has 2 atom stereocenters. The normalized spacial score (nSPS) is 33.2. The molecule has 0 bridgehead atoms. The van der Waals surface area contributed by atoms with Gasteiger partial charge in [0.25, 0.3) is 0 Å². The summed E-state index contributed by atoms with van der Waals surface area (Å²) in [6, 6.07) is 0.0938. The Labute approximate surface area is 95.9 Å². The number of sulfone groups is 1. The summed E-state index contributed by atoms with van der Waals surface area (Å²) in [6.45, 7) is 1.35. The highest BCUT2D eigenvalue weighted by atomic mass is 32.2. The minimum Gasteiger partial charge on any atom is -0.341 e. The minimum absolute atomic E-state index is 0.0225. The van der Waals surface area contributed by atoms with E-state index in [0.717, 1.165) is 13.0 Å². The Morgan fingerprint density at radius 3 is 2.62 bits per heavy atom. The maximum Gasteiger partial charge on any atom is 0.222 e. The first kappa shape index (κ1) is 11.9. The molecule has 2 unspecified atom stereocenters. The average molecular weight is 246 g/mol. The van der Waals surface area contributed by atoms with E-state index in [4.69, 9.17) is 5.73 Å². The van der Waals surface area contributed by atoms with Crippen molar-refractivity contribution in [2.24, 2.45) is 11.7 Å². The van der Waals surface area contributed by atoms with Crippen LogP contribution in [0.3, 0.4) is 0 Å². The second-order valence-corrected chi connectivity index (χ2v) is 7.09. The van der Waals surface area contributed by atoms with E-state index in [1.54, 1.807) is 4.90 Å². The second-order valence-electron chi connectivity index (χ2n) is 4.86. The van der Waals surface area contributed by atoms with E-state index in [1.165, 1.54) is 0 Å².